The van der Waals surface area contributed by atoms with Gasteiger partial charge in [0.15, 0.2) is 11.7 Å². The zero-order chi connectivity index (χ0) is 18.9. The Hall–Kier alpha value is -1.52. The number of carbonyl (C=O) groups is 1. The number of guanidine groups is 1. The van der Waals surface area contributed by atoms with E-state index in [2.05, 4.69) is 34.6 Å². The zero-order valence-electron chi connectivity index (χ0n) is 16.7. The highest BCUT2D eigenvalue weighted by Crippen LogP contribution is 2.15. The second-order valence-corrected chi connectivity index (χ2v) is 6.67. The van der Waals surface area contributed by atoms with Crippen LogP contribution in [-0.2, 0) is 11.3 Å². The molecule has 9 heteroatoms. The summed E-state index contributed by atoms with van der Waals surface area (Å²) in [6, 6.07) is 2.23. The number of nitrogens with one attached hydrogen (secondary N) is 2. The summed E-state index contributed by atoms with van der Waals surface area (Å²) in [6.45, 7) is 11.0. The molecule has 0 bridgehead atoms. The second kappa shape index (κ2) is 12.0. The van der Waals surface area contributed by atoms with Gasteiger partial charge in [0.1, 0.15) is 6.54 Å². The maximum Gasteiger partial charge on any atom is 0.409 e. The van der Waals surface area contributed by atoms with Crippen molar-refractivity contribution in [3.8, 4) is 0 Å². The van der Waals surface area contributed by atoms with Crippen molar-refractivity contribution in [1.29, 1.82) is 0 Å². The molecule has 1 amide bonds. The maximum atomic E-state index is 11.8. The van der Waals surface area contributed by atoms with Gasteiger partial charge < -0.3 is 24.8 Å². The molecule has 0 spiro atoms. The van der Waals surface area contributed by atoms with Gasteiger partial charge >= 0.3 is 6.09 Å². The average Bonchev–Trinajstić information content (AvgIpc) is 3.10. The van der Waals surface area contributed by atoms with Gasteiger partial charge in [0, 0.05) is 31.7 Å². The molecule has 0 aromatic carbocycles. The smallest absolute Gasteiger partial charge is 0.409 e. The molecule has 1 aromatic rings. The molecule has 1 aliphatic rings. The van der Waals surface area contributed by atoms with Gasteiger partial charge in [-0.05, 0) is 32.6 Å². The van der Waals surface area contributed by atoms with Crippen molar-refractivity contribution >= 4 is 36.0 Å². The molecular weight excluding hydrogens is 461 g/mol. The van der Waals surface area contributed by atoms with E-state index in [9.17, 15) is 4.79 Å². The Morgan fingerprint density at radius 3 is 2.67 bits per heavy atom. The van der Waals surface area contributed by atoms with Crippen LogP contribution in [0.15, 0.2) is 15.6 Å². The molecule has 1 aromatic heterocycles. The van der Waals surface area contributed by atoms with Crippen molar-refractivity contribution in [2.24, 2.45) is 4.99 Å². The van der Waals surface area contributed by atoms with Gasteiger partial charge in [-0.15, -0.1) is 24.0 Å². The molecule has 1 aliphatic heterocycles. The lowest BCUT2D eigenvalue weighted by Crippen LogP contribution is -2.49. The molecule has 8 nitrogen and oxygen atoms in total. The van der Waals surface area contributed by atoms with Crippen LogP contribution in [0.4, 0.5) is 4.79 Å². The van der Waals surface area contributed by atoms with E-state index in [1.54, 1.807) is 4.90 Å². The van der Waals surface area contributed by atoms with Crippen LogP contribution in [0.1, 0.15) is 57.9 Å². The van der Waals surface area contributed by atoms with Crippen molar-refractivity contribution < 1.29 is 14.1 Å². The van der Waals surface area contributed by atoms with Crippen LogP contribution in [0.3, 0.4) is 0 Å². The molecule has 0 radical (unpaired) electrons. The highest BCUT2D eigenvalue weighted by Gasteiger charge is 2.24. The number of piperidine rings is 1. The van der Waals surface area contributed by atoms with Crippen LogP contribution in [0.25, 0.3) is 0 Å². The summed E-state index contributed by atoms with van der Waals surface area (Å²) in [5, 5.41) is 10.8. The van der Waals surface area contributed by atoms with Crippen LogP contribution in [0.5, 0.6) is 0 Å². The summed E-state index contributed by atoms with van der Waals surface area (Å²) < 4.78 is 10.4. The Balaban J connectivity index is 0.00000364. The van der Waals surface area contributed by atoms with Gasteiger partial charge in [-0.1, -0.05) is 19.0 Å². The third-order valence-electron chi connectivity index (χ3n) is 4.27. The number of amides is 1. The second-order valence-electron chi connectivity index (χ2n) is 6.67. The fourth-order valence-corrected chi connectivity index (χ4v) is 2.77. The Kier molecular flexibility index (Phi) is 10.5. The molecule has 0 atom stereocenters. The third kappa shape index (κ3) is 7.55. The first-order valence-electron chi connectivity index (χ1n) is 9.45. The van der Waals surface area contributed by atoms with E-state index >= 15 is 0 Å². The number of carbonyl (C=O) groups excluding carboxylic acids is 1. The number of hydrogen-bond donors (Lipinski definition) is 2. The monoisotopic (exact) mass is 493 g/mol. The van der Waals surface area contributed by atoms with Crippen molar-refractivity contribution in [3.63, 3.8) is 0 Å². The van der Waals surface area contributed by atoms with Gasteiger partial charge in [-0.2, -0.15) is 0 Å². The van der Waals surface area contributed by atoms with Crippen LogP contribution in [0, 0.1) is 0 Å². The minimum atomic E-state index is -0.224. The number of ether oxygens (including phenoxy) is 1. The third-order valence-corrected chi connectivity index (χ3v) is 4.27. The quantitative estimate of drug-likeness (QED) is 0.360. The number of aromatic nitrogens is 1. The fraction of sp³-hybridized carbons (Fsp3) is 0.722. The standard InChI is InChI=1S/C18H31N5O3.HI/c1-5-19-17(20-12-15-11-16(13(3)4)22-26-15)21-14-7-9-23(10-8-14)18(24)25-6-2;/h11,13-14H,5-10,12H2,1-4H3,(H2,19,20,21);1H. The fourth-order valence-electron chi connectivity index (χ4n) is 2.77. The van der Waals surface area contributed by atoms with Crippen LogP contribution in [0.2, 0.25) is 0 Å². The summed E-state index contributed by atoms with van der Waals surface area (Å²) in [5.74, 6) is 1.85. The molecule has 2 heterocycles. The molecule has 154 valence electrons. The Morgan fingerprint density at radius 2 is 2.11 bits per heavy atom. The van der Waals surface area contributed by atoms with E-state index in [1.807, 2.05) is 19.9 Å². The zero-order valence-corrected chi connectivity index (χ0v) is 19.0. The first-order chi connectivity index (χ1) is 12.5. The van der Waals surface area contributed by atoms with Gasteiger partial charge in [-0.3, -0.25) is 0 Å². The summed E-state index contributed by atoms with van der Waals surface area (Å²) in [6.07, 6.45) is 1.50. The molecule has 1 fully saturated rings. The van der Waals surface area contributed by atoms with Crippen molar-refractivity contribution in [2.45, 2.75) is 59.0 Å². The lowest BCUT2D eigenvalue weighted by molar-refractivity contribution is 0.0963. The van der Waals surface area contributed by atoms with E-state index < -0.39 is 0 Å². The van der Waals surface area contributed by atoms with Gasteiger partial charge in [0.2, 0.25) is 0 Å². The minimum absolute atomic E-state index is 0. The topological polar surface area (TPSA) is 92.0 Å². The van der Waals surface area contributed by atoms with E-state index in [-0.39, 0.29) is 36.1 Å². The lowest BCUT2D eigenvalue weighted by Gasteiger charge is -2.32. The van der Waals surface area contributed by atoms with E-state index in [0.717, 1.165) is 36.8 Å². The van der Waals surface area contributed by atoms with Crippen molar-refractivity contribution in [2.75, 3.05) is 26.2 Å². The van der Waals surface area contributed by atoms with Crippen LogP contribution >= 0.6 is 24.0 Å². The first kappa shape index (κ1) is 23.5. The Bertz CT molecular complexity index is 598. The van der Waals surface area contributed by atoms with Crippen LogP contribution < -0.4 is 10.6 Å². The Labute approximate surface area is 178 Å². The molecule has 0 saturated carbocycles. The van der Waals surface area contributed by atoms with E-state index in [0.29, 0.717) is 32.2 Å². The number of hydrogen-bond acceptors (Lipinski definition) is 5. The molecule has 0 aliphatic carbocycles. The van der Waals surface area contributed by atoms with Gasteiger partial charge in [0.05, 0.1) is 12.3 Å². The molecule has 1 saturated heterocycles. The summed E-state index contributed by atoms with van der Waals surface area (Å²) in [4.78, 5) is 18.1. The SMILES string of the molecule is CCNC(=NCc1cc(C(C)C)no1)NC1CCN(C(=O)OCC)CC1.I. The van der Waals surface area contributed by atoms with Crippen molar-refractivity contribution in [3.05, 3.63) is 17.5 Å². The number of likely N-dealkylation sites (tertiary alicyclic amines) is 1. The Morgan fingerprint density at radius 1 is 1.41 bits per heavy atom. The van der Waals surface area contributed by atoms with Crippen LogP contribution in [-0.4, -0.2) is 54.4 Å². The number of rotatable bonds is 6. The highest BCUT2D eigenvalue weighted by molar-refractivity contribution is 14.0. The molecular formula is C18H32IN5O3. The highest BCUT2D eigenvalue weighted by atomic mass is 127. The predicted octanol–water partition coefficient (Wildman–Crippen LogP) is 3.09. The predicted molar refractivity (Wildman–Crippen MR) is 116 cm³/mol. The number of nitrogens with zero attached hydrogens (tertiary/aromatic N) is 3. The first-order valence-corrected chi connectivity index (χ1v) is 9.45. The minimum Gasteiger partial charge on any atom is -0.450 e. The summed E-state index contributed by atoms with van der Waals surface area (Å²) in [5.41, 5.74) is 0.944. The van der Waals surface area contributed by atoms with E-state index in [4.69, 9.17) is 9.26 Å². The molecule has 2 N–H and O–H groups in total. The van der Waals surface area contributed by atoms with Crippen molar-refractivity contribution in [1.82, 2.24) is 20.7 Å². The van der Waals surface area contributed by atoms with E-state index in [1.165, 1.54) is 0 Å². The normalized spacial score (nSPS) is 15.4. The molecule has 0 unspecified atom stereocenters. The summed E-state index contributed by atoms with van der Waals surface area (Å²) in [7, 11) is 0. The molecule has 2 rings (SSSR count). The molecule has 27 heavy (non-hydrogen) atoms. The largest absolute Gasteiger partial charge is 0.450 e. The number of aliphatic imine (C=N–C) groups is 1. The lowest BCUT2D eigenvalue weighted by atomic mass is 10.1. The average molecular weight is 493 g/mol. The number of halogens is 1. The van der Waals surface area contributed by atoms with Gasteiger partial charge in [-0.25, -0.2) is 9.79 Å². The summed E-state index contributed by atoms with van der Waals surface area (Å²) >= 11 is 0. The van der Waals surface area contributed by atoms with Gasteiger partial charge in [0.25, 0.3) is 0 Å². The maximum absolute atomic E-state index is 11.8.